The van der Waals surface area contributed by atoms with Crippen LogP contribution in [0.15, 0.2) is 18.2 Å². The molecule has 0 aliphatic carbocycles. The number of benzene rings is 1. The standard InChI is InChI=1S/C19H30O5/c1-23-19(22)17-15-16(11-12-18(17)21)24-14-10-8-6-4-2-3-5-7-9-13-20/h11-12,15,20-21H,2-10,13-14H2,1H3. The SMILES string of the molecule is COC(=O)c1cc(OCCCCCCCCCCCO)ccc1O. The molecule has 0 spiro atoms. The topological polar surface area (TPSA) is 76.0 Å². The molecule has 5 heteroatoms. The lowest BCUT2D eigenvalue weighted by Crippen LogP contribution is -2.03. The zero-order chi connectivity index (χ0) is 17.6. The molecule has 0 aliphatic rings. The lowest BCUT2D eigenvalue weighted by molar-refractivity contribution is 0.0597. The molecule has 0 saturated heterocycles. The molecule has 2 N–H and O–H groups in total. The van der Waals surface area contributed by atoms with E-state index in [1.54, 1.807) is 6.07 Å². The molecule has 5 nitrogen and oxygen atoms in total. The lowest BCUT2D eigenvalue weighted by Gasteiger charge is -2.09. The summed E-state index contributed by atoms with van der Waals surface area (Å²) in [4.78, 5) is 11.5. The Morgan fingerprint density at radius 1 is 0.958 bits per heavy atom. The maximum absolute atomic E-state index is 11.5. The number of ether oxygens (including phenoxy) is 2. The van der Waals surface area contributed by atoms with Crippen LogP contribution in [0.2, 0.25) is 0 Å². The van der Waals surface area contributed by atoms with Crippen LogP contribution < -0.4 is 4.74 Å². The van der Waals surface area contributed by atoms with Crippen molar-refractivity contribution >= 4 is 5.97 Å². The van der Waals surface area contributed by atoms with Crippen LogP contribution in [0, 0.1) is 0 Å². The van der Waals surface area contributed by atoms with Crippen LogP contribution in [0.5, 0.6) is 11.5 Å². The molecule has 136 valence electrons. The third kappa shape index (κ3) is 8.20. The van der Waals surface area contributed by atoms with Gasteiger partial charge in [0, 0.05) is 6.61 Å². The Bertz CT molecular complexity index is 473. The van der Waals surface area contributed by atoms with Gasteiger partial charge in [-0.25, -0.2) is 4.79 Å². The molecule has 0 fully saturated rings. The molecule has 0 aliphatic heterocycles. The number of hydrogen-bond donors (Lipinski definition) is 2. The van der Waals surface area contributed by atoms with Crippen molar-refractivity contribution in [3.63, 3.8) is 0 Å². The van der Waals surface area contributed by atoms with Gasteiger partial charge in [0.1, 0.15) is 17.1 Å². The minimum Gasteiger partial charge on any atom is -0.507 e. The zero-order valence-electron chi connectivity index (χ0n) is 14.6. The Morgan fingerprint density at radius 2 is 1.54 bits per heavy atom. The Balaban J connectivity index is 2.10. The van der Waals surface area contributed by atoms with Crippen molar-refractivity contribution in [3.8, 4) is 11.5 Å². The van der Waals surface area contributed by atoms with Gasteiger partial charge in [0.25, 0.3) is 0 Å². The minimum absolute atomic E-state index is 0.104. The number of unbranched alkanes of at least 4 members (excludes halogenated alkanes) is 8. The number of carbonyl (C=O) groups is 1. The second-order valence-corrected chi connectivity index (χ2v) is 5.92. The van der Waals surface area contributed by atoms with Crippen molar-refractivity contribution in [3.05, 3.63) is 23.8 Å². The van der Waals surface area contributed by atoms with E-state index in [0.29, 0.717) is 19.0 Å². The fourth-order valence-corrected chi connectivity index (χ4v) is 2.52. The predicted octanol–water partition coefficient (Wildman–Crippen LogP) is 4.06. The fourth-order valence-electron chi connectivity index (χ4n) is 2.52. The van der Waals surface area contributed by atoms with Crippen molar-refractivity contribution in [2.24, 2.45) is 0 Å². The molecule has 0 bridgehead atoms. The minimum atomic E-state index is -0.572. The van der Waals surface area contributed by atoms with Crippen LogP contribution in [0.4, 0.5) is 0 Å². The second-order valence-electron chi connectivity index (χ2n) is 5.92. The number of aliphatic hydroxyl groups is 1. The molecule has 0 atom stereocenters. The van der Waals surface area contributed by atoms with E-state index >= 15 is 0 Å². The molecular weight excluding hydrogens is 308 g/mol. The van der Waals surface area contributed by atoms with Crippen molar-refractivity contribution in [2.45, 2.75) is 57.8 Å². The molecule has 0 saturated carbocycles. The highest BCUT2D eigenvalue weighted by Crippen LogP contribution is 2.24. The number of phenolic OH excluding ortho intramolecular Hbond substituents is 1. The molecule has 1 aromatic rings. The third-order valence-electron chi connectivity index (χ3n) is 3.94. The normalized spacial score (nSPS) is 10.6. The Morgan fingerprint density at radius 3 is 2.12 bits per heavy atom. The first-order chi connectivity index (χ1) is 11.7. The maximum atomic E-state index is 11.5. The molecule has 0 heterocycles. The van der Waals surface area contributed by atoms with Crippen LogP contribution in [-0.2, 0) is 4.74 Å². The molecule has 1 rings (SSSR count). The highest BCUT2D eigenvalue weighted by Gasteiger charge is 2.12. The number of esters is 1. The van der Waals surface area contributed by atoms with E-state index in [0.717, 1.165) is 25.7 Å². The van der Waals surface area contributed by atoms with Crippen LogP contribution in [-0.4, -0.2) is 36.5 Å². The highest BCUT2D eigenvalue weighted by molar-refractivity contribution is 5.92. The van der Waals surface area contributed by atoms with Gasteiger partial charge in [-0.2, -0.15) is 0 Å². The van der Waals surface area contributed by atoms with Crippen LogP contribution >= 0.6 is 0 Å². The predicted molar refractivity (Wildman–Crippen MR) is 93.6 cm³/mol. The summed E-state index contributed by atoms with van der Waals surface area (Å²) in [6, 6.07) is 4.60. The lowest BCUT2D eigenvalue weighted by atomic mass is 10.1. The molecule has 0 radical (unpaired) electrons. The molecule has 0 unspecified atom stereocenters. The quantitative estimate of drug-likeness (QED) is 0.419. The maximum Gasteiger partial charge on any atom is 0.341 e. The van der Waals surface area contributed by atoms with E-state index < -0.39 is 5.97 Å². The fraction of sp³-hybridized carbons (Fsp3) is 0.632. The Kier molecular flexibility index (Phi) is 10.7. The van der Waals surface area contributed by atoms with E-state index in [-0.39, 0.29) is 11.3 Å². The van der Waals surface area contributed by atoms with Crippen LogP contribution in [0.3, 0.4) is 0 Å². The summed E-state index contributed by atoms with van der Waals surface area (Å²) in [5.41, 5.74) is 0.121. The van der Waals surface area contributed by atoms with Crippen molar-refractivity contribution in [1.82, 2.24) is 0 Å². The number of aliphatic hydroxyl groups excluding tert-OH is 1. The Labute approximate surface area is 144 Å². The summed E-state index contributed by atoms with van der Waals surface area (Å²) >= 11 is 0. The first kappa shape index (κ1) is 20.3. The first-order valence-corrected chi connectivity index (χ1v) is 8.84. The first-order valence-electron chi connectivity index (χ1n) is 8.84. The number of rotatable bonds is 13. The molecule has 0 aromatic heterocycles. The molecule has 1 aromatic carbocycles. The van der Waals surface area contributed by atoms with Gasteiger partial charge in [-0.05, 0) is 31.0 Å². The second kappa shape index (κ2) is 12.6. The summed E-state index contributed by atoms with van der Waals surface area (Å²) in [5, 5.41) is 18.3. The van der Waals surface area contributed by atoms with Crippen LogP contribution in [0.1, 0.15) is 68.1 Å². The molecule has 0 amide bonds. The zero-order valence-corrected chi connectivity index (χ0v) is 14.6. The van der Waals surface area contributed by atoms with E-state index in [2.05, 4.69) is 4.74 Å². The smallest absolute Gasteiger partial charge is 0.341 e. The van der Waals surface area contributed by atoms with Gasteiger partial charge in [-0.3, -0.25) is 0 Å². The summed E-state index contributed by atoms with van der Waals surface area (Å²) in [6.07, 6.45) is 10.3. The van der Waals surface area contributed by atoms with Gasteiger partial charge in [-0.15, -0.1) is 0 Å². The monoisotopic (exact) mass is 338 g/mol. The van der Waals surface area contributed by atoms with Gasteiger partial charge in [0.05, 0.1) is 13.7 Å². The summed E-state index contributed by atoms with van der Waals surface area (Å²) in [5.74, 6) is -0.109. The van der Waals surface area contributed by atoms with E-state index in [4.69, 9.17) is 9.84 Å². The summed E-state index contributed by atoms with van der Waals surface area (Å²) in [6.45, 7) is 0.907. The van der Waals surface area contributed by atoms with Crippen molar-refractivity contribution in [2.75, 3.05) is 20.3 Å². The van der Waals surface area contributed by atoms with Crippen molar-refractivity contribution in [1.29, 1.82) is 0 Å². The van der Waals surface area contributed by atoms with Gasteiger partial charge >= 0.3 is 5.97 Å². The number of methoxy groups -OCH3 is 1. The van der Waals surface area contributed by atoms with Gasteiger partial charge in [0.2, 0.25) is 0 Å². The molecule has 24 heavy (non-hydrogen) atoms. The average molecular weight is 338 g/mol. The third-order valence-corrected chi connectivity index (χ3v) is 3.94. The number of carbonyl (C=O) groups excluding carboxylic acids is 1. The van der Waals surface area contributed by atoms with Gasteiger partial charge < -0.3 is 19.7 Å². The largest absolute Gasteiger partial charge is 0.507 e. The number of phenols is 1. The summed E-state index contributed by atoms with van der Waals surface area (Å²) in [7, 11) is 1.28. The van der Waals surface area contributed by atoms with E-state index in [1.165, 1.54) is 51.3 Å². The highest BCUT2D eigenvalue weighted by atomic mass is 16.5. The van der Waals surface area contributed by atoms with E-state index in [9.17, 15) is 9.90 Å². The molecular formula is C19H30O5. The average Bonchev–Trinajstić information content (AvgIpc) is 2.60. The van der Waals surface area contributed by atoms with Gasteiger partial charge in [-0.1, -0.05) is 44.9 Å². The Hall–Kier alpha value is -1.75. The van der Waals surface area contributed by atoms with E-state index in [1.807, 2.05) is 0 Å². The summed E-state index contributed by atoms with van der Waals surface area (Å²) < 4.78 is 10.2. The number of aromatic hydroxyl groups is 1. The van der Waals surface area contributed by atoms with Crippen LogP contribution in [0.25, 0.3) is 0 Å². The number of hydrogen-bond acceptors (Lipinski definition) is 5. The van der Waals surface area contributed by atoms with Crippen molar-refractivity contribution < 1.29 is 24.5 Å². The van der Waals surface area contributed by atoms with Gasteiger partial charge in [0.15, 0.2) is 0 Å².